The van der Waals surface area contributed by atoms with Gasteiger partial charge in [0.2, 0.25) is 10.0 Å². The number of pyridine rings is 1. The molecule has 180 valence electrons. The van der Waals surface area contributed by atoms with Crippen molar-refractivity contribution in [2.45, 2.75) is 56.5 Å². The van der Waals surface area contributed by atoms with E-state index in [1.54, 1.807) is 4.90 Å². The van der Waals surface area contributed by atoms with Gasteiger partial charge in [-0.1, -0.05) is 29.8 Å². The number of aryl methyl sites for hydroxylation is 1. The summed E-state index contributed by atoms with van der Waals surface area (Å²) in [4.78, 5) is 40.3. The van der Waals surface area contributed by atoms with Gasteiger partial charge >= 0.3 is 0 Å². The number of benzene rings is 1. The maximum atomic E-state index is 13.1. The molecule has 1 aliphatic heterocycles. The molecule has 2 fully saturated rings. The first kappa shape index (κ1) is 22.8. The minimum atomic E-state index is -3.35. The number of carbonyl (C=O) groups excluding carboxylic acids is 2. The molecule has 1 aromatic heterocycles. The molecule has 2 aliphatic carbocycles. The van der Waals surface area contributed by atoms with Crippen LogP contribution < -0.4 is 15.6 Å². The lowest BCUT2D eigenvalue weighted by Gasteiger charge is -2.33. The topological polar surface area (TPSA) is 118 Å². The Labute approximate surface area is 198 Å². The number of sulfonamides is 1. The standard InChI is InChI=1S/C24H28N4O5S/c1-16-2-4-17(5-3-16)14-25-21(29)19-8-9-20-23(31)27(12-13-28(20)22(19)30)15-24(10-11-24)26-34(32,33)18-6-7-18/h2-5,8-9,18,26H,6-7,10-15H2,1H3,(H,25,29). The quantitative estimate of drug-likeness (QED) is 0.583. The summed E-state index contributed by atoms with van der Waals surface area (Å²) in [6, 6.07) is 10.6. The first-order chi connectivity index (χ1) is 16.2. The average molecular weight is 485 g/mol. The molecule has 2 saturated carbocycles. The van der Waals surface area contributed by atoms with E-state index in [1.165, 1.54) is 16.7 Å². The fourth-order valence-electron chi connectivity index (χ4n) is 4.35. The number of fused-ring (bicyclic) bond motifs is 1. The number of nitrogens with one attached hydrogen (secondary N) is 2. The minimum absolute atomic E-state index is 0.00651. The third-order valence-corrected chi connectivity index (χ3v) is 8.83. The highest BCUT2D eigenvalue weighted by atomic mass is 32.2. The highest BCUT2D eigenvalue weighted by molar-refractivity contribution is 7.90. The first-order valence-electron chi connectivity index (χ1n) is 11.6. The zero-order valence-corrected chi connectivity index (χ0v) is 19.9. The van der Waals surface area contributed by atoms with Gasteiger partial charge in [-0.15, -0.1) is 0 Å². The molecule has 0 saturated heterocycles. The van der Waals surface area contributed by atoms with Gasteiger partial charge in [0.1, 0.15) is 11.3 Å². The number of hydrogen-bond acceptors (Lipinski definition) is 5. The van der Waals surface area contributed by atoms with Gasteiger partial charge in [0.15, 0.2) is 0 Å². The van der Waals surface area contributed by atoms with Gasteiger partial charge in [0.25, 0.3) is 17.4 Å². The molecule has 1 aromatic carbocycles. The van der Waals surface area contributed by atoms with E-state index >= 15 is 0 Å². The number of rotatable bonds is 8. The lowest BCUT2D eigenvalue weighted by atomic mass is 10.1. The fraction of sp³-hybridized carbons (Fsp3) is 0.458. The average Bonchev–Trinajstić information content (AvgIpc) is 3.71. The molecular formula is C24H28N4O5S. The monoisotopic (exact) mass is 484 g/mol. The second kappa shape index (κ2) is 8.35. The summed E-state index contributed by atoms with van der Waals surface area (Å²) < 4.78 is 28.9. The first-order valence-corrected chi connectivity index (χ1v) is 13.1. The molecule has 3 aliphatic rings. The van der Waals surface area contributed by atoms with E-state index in [-0.39, 0.29) is 42.0 Å². The van der Waals surface area contributed by atoms with Gasteiger partial charge in [0, 0.05) is 26.2 Å². The molecule has 2 N–H and O–H groups in total. The van der Waals surface area contributed by atoms with E-state index in [1.807, 2.05) is 31.2 Å². The van der Waals surface area contributed by atoms with E-state index in [4.69, 9.17) is 0 Å². The van der Waals surface area contributed by atoms with E-state index in [0.29, 0.717) is 32.2 Å². The van der Waals surface area contributed by atoms with Crippen molar-refractivity contribution in [1.29, 1.82) is 0 Å². The van der Waals surface area contributed by atoms with Crippen molar-refractivity contribution in [1.82, 2.24) is 19.5 Å². The van der Waals surface area contributed by atoms with Crippen molar-refractivity contribution in [3.8, 4) is 0 Å². The molecule has 10 heteroatoms. The Kier molecular flexibility index (Phi) is 5.60. The van der Waals surface area contributed by atoms with Crippen LogP contribution in [0.2, 0.25) is 0 Å². The maximum absolute atomic E-state index is 13.1. The third-order valence-electron chi connectivity index (χ3n) is 6.76. The van der Waals surface area contributed by atoms with E-state index in [0.717, 1.165) is 11.1 Å². The Balaban J connectivity index is 1.27. The molecule has 2 heterocycles. The lowest BCUT2D eigenvalue weighted by molar-refractivity contribution is 0.0678. The van der Waals surface area contributed by atoms with Crippen LogP contribution in [-0.2, 0) is 23.1 Å². The zero-order valence-electron chi connectivity index (χ0n) is 19.0. The zero-order chi connectivity index (χ0) is 24.1. The summed E-state index contributed by atoms with van der Waals surface area (Å²) in [6.07, 6.45) is 2.75. The summed E-state index contributed by atoms with van der Waals surface area (Å²) in [5.41, 5.74) is 1.15. The molecule has 34 heavy (non-hydrogen) atoms. The van der Waals surface area contributed by atoms with Crippen molar-refractivity contribution < 1.29 is 18.0 Å². The van der Waals surface area contributed by atoms with Gasteiger partial charge in [0.05, 0.1) is 10.8 Å². The predicted octanol–water partition coefficient (Wildman–Crippen LogP) is 1.16. The Hall–Kier alpha value is -2.98. The minimum Gasteiger partial charge on any atom is -0.348 e. The van der Waals surface area contributed by atoms with Crippen LogP contribution in [-0.4, -0.2) is 53.6 Å². The molecule has 0 spiro atoms. The molecule has 0 unspecified atom stereocenters. The second-order valence-corrected chi connectivity index (χ2v) is 11.6. The van der Waals surface area contributed by atoms with Crippen LogP contribution in [0.25, 0.3) is 0 Å². The fourth-order valence-corrected chi connectivity index (χ4v) is 6.15. The van der Waals surface area contributed by atoms with Gasteiger partial charge in [-0.3, -0.25) is 14.4 Å². The maximum Gasteiger partial charge on any atom is 0.270 e. The van der Waals surface area contributed by atoms with E-state index in [9.17, 15) is 22.8 Å². The highest BCUT2D eigenvalue weighted by Crippen LogP contribution is 2.40. The SMILES string of the molecule is Cc1ccc(CNC(=O)c2ccc3n(c2=O)CCN(CC2(NS(=O)(=O)C4CC4)CC2)C3=O)cc1. The molecule has 0 radical (unpaired) electrons. The molecule has 2 aromatic rings. The second-order valence-electron chi connectivity index (χ2n) is 9.61. The Morgan fingerprint density at radius 1 is 1.06 bits per heavy atom. The predicted molar refractivity (Wildman–Crippen MR) is 126 cm³/mol. The van der Waals surface area contributed by atoms with E-state index < -0.39 is 27.0 Å². The molecule has 0 atom stereocenters. The van der Waals surface area contributed by atoms with Crippen molar-refractivity contribution in [3.05, 3.63) is 69.1 Å². The highest BCUT2D eigenvalue weighted by Gasteiger charge is 2.51. The molecular weight excluding hydrogens is 456 g/mol. The van der Waals surface area contributed by atoms with Gasteiger partial charge in [-0.2, -0.15) is 0 Å². The summed E-state index contributed by atoms with van der Waals surface area (Å²) in [5.74, 6) is -0.811. The van der Waals surface area contributed by atoms with Crippen molar-refractivity contribution in [2.75, 3.05) is 13.1 Å². The molecule has 2 amide bonds. The summed E-state index contributed by atoms with van der Waals surface area (Å²) in [5, 5.41) is 2.46. The third kappa shape index (κ3) is 4.52. The van der Waals surface area contributed by atoms with Gasteiger partial charge in [-0.25, -0.2) is 13.1 Å². The van der Waals surface area contributed by atoms with Crippen molar-refractivity contribution >= 4 is 21.8 Å². The normalized spacial score (nSPS) is 19.0. The molecule has 9 nitrogen and oxygen atoms in total. The van der Waals surface area contributed by atoms with Crippen molar-refractivity contribution in [2.24, 2.45) is 0 Å². The lowest BCUT2D eigenvalue weighted by Crippen LogP contribution is -2.52. The number of hydrogen-bond donors (Lipinski definition) is 2. The summed E-state index contributed by atoms with van der Waals surface area (Å²) in [7, 11) is -3.35. The number of amides is 2. The van der Waals surface area contributed by atoms with Crippen LogP contribution in [0.5, 0.6) is 0 Å². The number of carbonyl (C=O) groups is 2. The molecule has 5 rings (SSSR count). The smallest absolute Gasteiger partial charge is 0.270 e. The van der Waals surface area contributed by atoms with Gasteiger partial charge < -0.3 is 14.8 Å². The van der Waals surface area contributed by atoms with Crippen LogP contribution in [0.4, 0.5) is 0 Å². The van der Waals surface area contributed by atoms with Crippen LogP contribution in [0.1, 0.15) is 57.7 Å². The largest absolute Gasteiger partial charge is 0.348 e. The number of aromatic nitrogens is 1. The summed E-state index contributed by atoms with van der Waals surface area (Å²) >= 11 is 0. The molecule has 0 bridgehead atoms. The van der Waals surface area contributed by atoms with Crippen LogP contribution in [0, 0.1) is 6.92 Å². The Morgan fingerprint density at radius 2 is 1.76 bits per heavy atom. The Bertz CT molecular complexity index is 1310. The Morgan fingerprint density at radius 3 is 2.41 bits per heavy atom. The van der Waals surface area contributed by atoms with Crippen LogP contribution in [0.15, 0.2) is 41.2 Å². The summed E-state index contributed by atoms with van der Waals surface area (Å²) in [6.45, 7) is 3.10. The van der Waals surface area contributed by atoms with Crippen LogP contribution in [0.3, 0.4) is 0 Å². The van der Waals surface area contributed by atoms with E-state index in [2.05, 4.69) is 10.0 Å². The van der Waals surface area contributed by atoms with Crippen LogP contribution >= 0.6 is 0 Å². The van der Waals surface area contributed by atoms with Gasteiger partial charge in [-0.05, 0) is 50.3 Å². The van der Waals surface area contributed by atoms with Crippen molar-refractivity contribution in [3.63, 3.8) is 0 Å². The number of nitrogens with zero attached hydrogens (tertiary/aromatic N) is 2.